The first kappa shape index (κ1) is 25.7. The van der Waals surface area contributed by atoms with Crippen LogP contribution < -0.4 is 15.5 Å². The molecule has 0 atom stereocenters. The van der Waals surface area contributed by atoms with Crippen LogP contribution in [0.25, 0.3) is 22.0 Å². The van der Waals surface area contributed by atoms with Gasteiger partial charge in [-0.15, -0.1) is 0 Å². The lowest BCUT2D eigenvalue weighted by Crippen LogP contribution is -2.27. The Bertz CT molecular complexity index is 1390. The van der Waals surface area contributed by atoms with Crippen LogP contribution in [0.3, 0.4) is 0 Å². The molecule has 0 aliphatic rings. The van der Waals surface area contributed by atoms with Gasteiger partial charge in [-0.1, -0.05) is 42.5 Å². The van der Waals surface area contributed by atoms with Gasteiger partial charge in [-0.25, -0.2) is 9.78 Å². The van der Waals surface area contributed by atoms with Crippen molar-refractivity contribution < 1.29 is 19.5 Å². The molecule has 0 saturated heterocycles. The number of anilines is 1. The molecule has 9 heteroatoms. The summed E-state index contributed by atoms with van der Waals surface area (Å²) >= 11 is 0. The van der Waals surface area contributed by atoms with Crippen LogP contribution in [0.5, 0.6) is 5.75 Å². The summed E-state index contributed by atoms with van der Waals surface area (Å²) in [5.74, 6) is 0.730. The molecule has 192 valence electrons. The van der Waals surface area contributed by atoms with Crippen LogP contribution in [-0.2, 0) is 11.2 Å². The van der Waals surface area contributed by atoms with Gasteiger partial charge in [-0.3, -0.25) is 21.4 Å². The molecule has 0 fully saturated rings. The summed E-state index contributed by atoms with van der Waals surface area (Å²) in [5, 5.41) is 20.7. The molecule has 5 N–H and O–H groups in total. The van der Waals surface area contributed by atoms with Gasteiger partial charge in [0.15, 0.2) is 0 Å². The highest BCUT2D eigenvalue weighted by Gasteiger charge is 2.20. The summed E-state index contributed by atoms with van der Waals surface area (Å²) in [4.78, 5) is 20.2. The number of aromatic nitrogens is 2. The number of aryl methyl sites for hydroxylation is 1. The summed E-state index contributed by atoms with van der Waals surface area (Å²) in [6.45, 7) is 5.82. The van der Waals surface area contributed by atoms with E-state index >= 15 is 0 Å². The lowest BCUT2D eigenvalue weighted by atomic mass is 10.0. The minimum Gasteiger partial charge on any atom is -0.493 e. The number of carbonyl (C=O) groups excluding carboxylic acids is 1. The van der Waals surface area contributed by atoms with E-state index in [0.29, 0.717) is 29.3 Å². The molecule has 0 spiro atoms. The van der Waals surface area contributed by atoms with E-state index < -0.39 is 11.7 Å². The number of hydroxylamine groups is 1. The van der Waals surface area contributed by atoms with Crippen LogP contribution in [0.1, 0.15) is 38.3 Å². The molecule has 0 aliphatic carbocycles. The van der Waals surface area contributed by atoms with E-state index in [-0.39, 0.29) is 5.84 Å². The van der Waals surface area contributed by atoms with Gasteiger partial charge >= 0.3 is 6.09 Å². The minimum absolute atomic E-state index is 0.126. The number of H-pyrrole nitrogens is 1. The normalized spacial score (nSPS) is 11.2. The summed E-state index contributed by atoms with van der Waals surface area (Å²) in [6, 6.07) is 16.9. The molecule has 4 aromatic rings. The van der Waals surface area contributed by atoms with Crippen LogP contribution in [0, 0.1) is 5.41 Å². The van der Waals surface area contributed by atoms with E-state index in [2.05, 4.69) is 27.4 Å². The van der Waals surface area contributed by atoms with E-state index in [1.807, 2.05) is 23.8 Å². The average Bonchev–Trinajstić information content (AvgIpc) is 3.28. The maximum absolute atomic E-state index is 12.5. The van der Waals surface area contributed by atoms with Crippen LogP contribution in [0.4, 0.5) is 10.6 Å². The van der Waals surface area contributed by atoms with Crippen molar-refractivity contribution in [1.82, 2.24) is 15.4 Å². The van der Waals surface area contributed by atoms with E-state index in [9.17, 15) is 4.79 Å². The Morgan fingerprint density at radius 1 is 1.11 bits per heavy atom. The Balaban J connectivity index is 1.55. The molecule has 0 unspecified atom stereocenters. The van der Waals surface area contributed by atoms with Gasteiger partial charge < -0.3 is 14.5 Å². The van der Waals surface area contributed by atoms with Crippen molar-refractivity contribution in [3.63, 3.8) is 0 Å². The summed E-state index contributed by atoms with van der Waals surface area (Å²) in [7, 11) is 0. The third-order valence-corrected chi connectivity index (χ3v) is 5.63. The number of nitrogens with one attached hydrogen (secondary N) is 4. The van der Waals surface area contributed by atoms with Crippen molar-refractivity contribution in [1.29, 1.82) is 5.41 Å². The second-order valence-electron chi connectivity index (χ2n) is 9.54. The number of nitrogens with zero attached hydrogens (tertiary/aromatic N) is 1. The number of para-hydroxylation sites is 1. The maximum Gasteiger partial charge on any atom is 0.413 e. The second-order valence-corrected chi connectivity index (χ2v) is 9.54. The number of ether oxygens (including phenoxy) is 2. The summed E-state index contributed by atoms with van der Waals surface area (Å²) in [6.07, 6.45) is 4.62. The maximum atomic E-state index is 12.5. The number of fused-ring (bicyclic) bond motifs is 1. The number of pyridine rings is 1. The van der Waals surface area contributed by atoms with Gasteiger partial charge in [0.2, 0.25) is 0 Å². The monoisotopic (exact) mass is 501 g/mol. The molecule has 0 bridgehead atoms. The van der Waals surface area contributed by atoms with Crippen LogP contribution in [-0.4, -0.2) is 39.3 Å². The van der Waals surface area contributed by atoms with Crippen LogP contribution >= 0.6 is 0 Å². The fourth-order valence-electron chi connectivity index (χ4n) is 3.99. The number of hydrogen-bond donors (Lipinski definition) is 5. The number of carbonyl (C=O) groups is 1. The zero-order valence-corrected chi connectivity index (χ0v) is 21.1. The highest BCUT2D eigenvalue weighted by atomic mass is 16.6. The highest BCUT2D eigenvalue weighted by Crippen LogP contribution is 2.36. The first-order valence-corrected chi connectivity index (χ1v) is 12.0. The molecule has 2 aromatic heterocycles. The smallest absolute Gasteiger partial charge is 0.413 e. The number of rotatable bonds is 8. The molecule has 9 nitrogen and oxygen atoms in total. The Morgan fingerprint density at radius 3 is 2.59 bits per heavy atom. The molecule has 0 radical (unpaired) electrons. The lowest BCUT2D eigenvalue weighted by molar-refractivity contribution is 0.0635. The Labute approximate surface area is 215 Å². The van der Waals surface area contributed by atoms with E-state index in [1.54, 1.807) is 57.3 Å². The number of amides is 1. The molecule has 2 heterocycles. The standard InChI is InChI=1S/C28H31N5O4/c1-28(2,3)37-27(34)32-26-24(18-10-12-19(13-11-18)25(29)33-35)23(14-15-30-26)36-16-6-7-20-17-31-22-9-5-4-8-21(20)22/h4-5,8-15,17,31,35H,6-7,16H2,1-3H3,(H2,29,33)(H,30,32,34). The molecular formula is C28H31N5O4. The van der Waals surface area contributed by atoms with Crippen molar-refractivity contribution >= 4 is 28.6 Å². The van der Waals surface area contributed by atoms with Crippen molar-refractivity contribution in [3.05, 3.63) is 78.1 Å². The van der Waals surface area contributed by atoms with Crippen molar-refractivity contribution in [2.45, 2.75) is 39.2 Å². The quantitative estimate of drug-likeness (QED) is 0.0885. The average molecular weight is 502 g/mol. The summed E-state index contributed by atoms with van der Waals surface area (Å²) < 4.78 is 11.6. The molecular weight excluding hydrogens is 470 g/mol. The van der Waals surface area contributed by atoms with Crippen LogP contribution in [0.2, 0.25) is 0 Å². The zero-order valence-electron chi connectivity index (χ0n) is 21.1. The third kappa shape index (κ3) is 6.45. The fourth-order valence-corrected chi connectivity index (χ4v) is 3.99. The number of amidine groups is 1. The van der Waals surface area contributed by atoms with Crippen LogP contribution in [0.15, 0.2) is 67.0 Å². The van der Waals surface area contributed by atoms with Crippen molar-refractivity contribution in [2.24, 2.45) is 0 Å². The molecule has 1 amide bonds. The number of benzene rings is 2. The molecule has 2 aromatic carbocycles. The van der Waals surface area contributed by atoms with Gasteiger partial charge in [-0.2, -0.15) is 0 Å². The van der Waals surface area contributed by atoms with Gasteiger partial charge in [0, 0.05) is 28.9 Å². The molecule has 4 rings (SSSR count). The fraction of sp³-hybridized carbons (Fsp3) is 0.250. The van der Waals surface area contributed by atoms with Gasteiger partial charge in [0.25, 0.3) is 0 Å². The first-order valence-electron chi connectivity index (χ1n) is 12.0. The van der Waals surface area contributed by atoms with E-state index in [1.165, 1.54) is 10.9 Å². The Morgan fingerprint density at radius 2 is 1.86 bits per heavy atom. The van der Waals surface area contributed by atoms with Gasteiger partial charge in [0.05, 0.1) is 12.2 Å². The zero-order chi connectivity index (χ0) is 26.4. The molecule has 37 heavy (non-hydrogen) atoms. The Hall–Kier alpha value is -4.37. The van der Waals surface area contributed by atoms with Crippen molar-refractivity contribution in [2.75, 3.05) is 11.9 Å². The largest absolute Gasteiger partial charge is 0.493 e. The number of aromatic amines is 1. The second kappa shape index (κ2) is 11.1. The summed E-state index contributed by atoms with van der Waals surface area (Å²) in [5.41, 5.74) is 5.33. The van der Waals surface area contributed by atoms with Gasteiger partial charge in [-0.05, 0) is 56.9 Å². The predicted octanol–water partition coefficient (Wildman–Crippen LogP) is 5.89. The highest BCUT2D eigenvalue weighted by molar-refractivity contribution is 5.97. The van der Waals surface area contributed by atoms with Gasteiger partial charge in [0.1, 0.15) is 23.0 Å². The molecule has 0 saturated carbocycles. The lowest BCUT2D eigenvalue weighted by Gasteiger charge is -2.21. The third-order valence-electron chi connectivity index (χ3n) is 5.63. The Kier molecular flexibility index (Phi) is 7.74. The van der Waals surface area contributed by atoms with E-state index in [0.717, 1.165) is 23.9 Å². The predicted molar refractivity (Wildman–Crippen MR) is 143 cm³/mol. The van der Waals surface area contributed by atoms with E-state index in [4.69, 9.17) is 20.1 Å². The molecule has 0 aliphatic heterocycles. The topological polar surface area (TPSA) is 132 Å². The number of hydrogen-bond acceptors (Lipinski definition) is 6. The minimum atomic E-state index is -0.667. The van der Waals surface area contributed by atoms with Crippen molar-refractivity contribution in [3.8, 4) is 16.9 Å². The SMILES string of the molecule is CC(C)(C)OC(=O)Nc1nccc(OCCCc2c[nH]c3ccccc23)c1-c1ccc(C(=N)NO)cc1. The first-order chi connectivity index (χ1) is 17.7.